The fraction of sp³-hybridized carbons (Fsp3) is 0.233. The van der Waals surface area contributed by atoms with Gasteiger partial charge >= 0.3 is 0 Å². The van der Waals surface area contributed by atoms with Gasteiger partial charge in [-0.2, -0.15) is 0 Å². The van der Waals surface area contributed by atoms with Gasteiger partial charge in [0.25, 0.3) is 0 Å². The van der Waals surface area contributed by atoms with Crippen LogP contribution in [0.4, 0.5) is 8.78 Å². The maximum Gasteiger partial charge on any atom is 0.240 e. The van der Waals surface area contributed by atoms with Crippen molar-refractivity contribution in [2.45, 2.75) is 17.7 Å². The van der Waals surface area contributed by atoms with Crippen LogP contribution >= 0.6 is 12.4 Å². The zero-order chi connectivity index (χ0) is 27.2. The molecule has 0 radical (unpaired) electrons. The maximum absolute atomic E-state index is 13.6. The Hall–Kier alpha value is -3.37. The first-order valence-electron chi connectivity index (χ1n) is 12.9. The molecule has 210 valence electrons. The fourth-order valence-corrected chi connectivity index (χ4v) is 5.88. The van der Waals surface area contributed by atoms with Crippen molar-refractivity contribution in [3.8, 4) is 22.4 Å². The van der Waals surface area contributed by atoms with Crippen LogP contribution in [0.15, 0.2) is 90.2 Å². The van der Waals surface area contributed by atoms with Crippen molar-refractivity contribution in [2.75, 3.05) is 32.9 Å². The van der Waals surface area contributed by atoms with E-state index in [0.29, 0.717) is 0 Å². The molecule has 0 aliphatic carbocycles. The number of nitrogens with zero attached hydrogens (tertiary/aromatic N) is 2. The van der Waals surface area contributed by atoms with Gasteiger partial charge in [0.05, 0.1) is 10.6 Å². The number of alkyl halides is 1. The molecule has 3 heterocycles. The van der Waals surface area contributed by atoms with E-state index in [9.17, 15) is 17.2 Å². The molecule has 5 rings (SSSR count). The van der Waals surface area contributed by atoms with Gasteiger partial charge in [0.15, 0.2) is 0 Å². The number of pyridine rings is 1. The maximum atomic E-state index is 13.6. The first kappa shape index (κ1) is 29.6. The zero-order valence-electron chi connectivity index (χ0n) is 21.8. The Kier molecular flexibility index (Phi) is 9.86. The highest BCUT2D eigenvalue weighted by molar-refractivity contribution is 7.89. The minimum atomic E-state index is -3.68. The number of aromatic nitrogens is 2. The molecule has 2 aromatic heterocycles. The summed E-state index contributed by atoms with van der Waals surface area (Å²) in [6.07, 6.45) is 9.53. The third-order valence-electron chi connectivity index (χ3n) is 6.96. The second-order valence-electron chi connectivity index (χ2n) is 9.46. The van der Waals surface area contributed by atoms with E-state index < -0.39 is 16.7 Å². The molecule has 4 aromatic rings. The third kappa shape index (κ3) is 6.85. The highest BCUT2D eigenvalue weighted by Crippen LogP contribution is 2.39. The summed E-state index contributed by atoms with van der Waals surface area (Å²) in [6, 6.07) is 17.3. The topological polar surface area (TPSA) is 78.1 Å². The Labute approximate surface area is 239 Å². The minimum Gasteiger partial charge on any atom is -0.360 e. The number of hydrogen-bond donors (Lipinski definition) is 2. The summed E-state index contributed by atoms with van der Waals surface area (Å²) in [5.41, 5.74) is 7.45. The van der Waals surface area contributed by atoms with Crippen LogP contribution < -0.4 is 4.72 Å². The van der Waals surface area contributed by atoms with E-state index in [4.69, 9.17) is 0 Å². The Bertz CT molecular complexity index is 1540. The number of sulfonamides is 1. The van der Waals surface area contributed by atoms with E-state index in [-0.39, 0.29) is 29.7 Å². The lowest BCUT2D eigenvalue weighted by molar-refractivity contribution is 0.306. The van der Waals surface area contributed by atoms with Gasteiger partial charge in [-0.05, 0) is 83.6 Å². The Morgan fingerprint density at radius 1 is 0.975 bits per heavy atom. The van der Waals surface area contributed by atoms with Crippen LogP contribution in [0.1, 0.15) is 17.5 Å². The fourth-order valence-electron chi connectivity index (χ4n) is 4.88. The molecule has 0 amide bonds. The number of hydrogen-bond acceptors (Lipinski definition) is 4. The van der Waals surface area contributed by atoms with Gasteiger partial charge < -0.3 is 4.98 Å². The summed E-state index contributed by atoms with van der Waals surface area (Å²) in [4.78, 5) is 10.1. The average molecular weight is 585 g/mol. The lowest BCUT2D eigenvalue weighted by atomic mass is 9.92. The van der Waals surface area contributed by atoms with Gasteiger partial charge in [-0.3, -0.25) is 9.88 Å². The minimum absolute atomic E-state index is 0. The molecule has 0 fully saturated rings. The Balaban J connectivity index is 0.00000370. The van der Waals surface area contributed by atoms with Gasteiger partial charge in [-0.25, -0.2) is 21.9 Å². The largest absolute Gasteiger partial charge is 0.360 e. The van der Waals surface area contributed by atoms with Gasteiger partial charge in [-0.1, -0.05) is 18.2 Å². The van der Waals surface area contributed by atoms with Crippen molar-refractivity contribution in [3.05, 3.63) is 102 Å². The molecule has 0 bridgehead atoms. The van der Waals surface area contributed by atoms with E-state index in [2.05, 4.69) is 25.7 Å². The number of rotatable bonds is 10. The van der Waals surface area contributed by atoms with Gasteiger partial charge in [0.2, 0.25) is 10.0 Å². The van der Waals surface area contributed by atoms with E-state index >= 15 is 0 Å². The molecule has 0 saturated heterocycles. The smallest absolute Gasteiger partial charge is 0.240 e. The molecular formula is C30H31ClF2N4O2S. The molecule has 2 aromatic carbocycles. The molecule has 6 nitrogen and oxygen atoms in total. The van der Waals surface area contributed by atoms with Gasteiger partial charge in [0.1, 0.15) is 12.5 Å². The molecule has 0 atom stereocenters. The SMILES string of the molecule is Cl.O=S(=O)(NCCF)c1ccc(CCN2CC=C(c3c[nH]c(-c4ccc(F)cc4)c3-c3ccncc3)CC2)cc1. The molecule has 10 heteroatoms. The molecule has 0 unspecified atom stereocenters. The molecule has 0 spiro atoms. The molecule has 40 heavy (non-hydrogen) atoms. The highest BCUT2D eigenvalue weighted by atomic mass is 35.5. The zero-order valence-corrected chi connectivity index (χ0v) is 23.4. The number of H-pyrrole nitrogens is 1. The summed E-state index contributed by atoms with van der Waals surface area (Å²) < 4.78 is 52.4. The van der Waals surface area contributed by atoms with Gasteiger partial charge in [-0.15, -0.1) is 12.4 Å². The standard InChI is InChI=1S/C30H30F2N4O2S.ClH/c31-14-17-35-39(37,38)27-7-1-22(2-8-27)11-18-36-19-12-23(13-20-36)28-21-34-30(25-3-5-26(32)6-4-25)29(28)24-9-15-33-16-10-24;/h1-10,12,15-16,21,34-35H,11,13-14,17-20H2;1H. The third-order valence-corrected chi connectivity index (χ3v) is 8.44. The second kappa shape index (κ2) is 13.3. The summed E-state index contributed by atoms with van der Waals surface area (Å²) in [5.74, 6) is -0.266. The molecule has 2 N–H and O–H groups in total. The van der Waals surface area contributed by atoms with Crippen molar-refractivity contribution >= 4 is 28.0 Å². The van der Waals surface area contributed by atoms with Crippen LogP contribution in [0.3, 0.4) is 0 Å². The summed E-state index contributed by atoms with van der Waals surface area (Å²) in [7, 11) is -3.68. The molecule has 1 aliphatic heterocycles. The summed E-state index contributed by atoms with van der Waals surface area (Å²) in [6.45, 7) is 1.59. The van der Waals surface area contributed by atoms with Crippen LogP contribution in [0.25, 0.3) is 28.0 Å². The highest BCUT2D eigenvalue weighted by Gasteiger charge is 2.21. The van der Waals surface area contributed by atoms with E-state index in [1.54, 1.807) is 36.7 Å². The van der Waals surface area contributed by atoms with Crippen molar-refractivity contribution in [1.82, 2.24) is 19.6 Å². The van der Waals surface area contributed by atoms with Crippen molar-refractivity contribution < 1.29 is 17.2 Å². The van der Waals surface area contributed by atoms with Crippen LogP contribution in [-0.4, -0.2) is 56.1 Å². The van der Waals surface area contributed by atoms with Crippen LogP contribution in [0.5, 0.6) is 0 Å². The monoisotopic (exact) mass is 584 g/mol. The summed E-state index contributed by atoms with van der Waals surface area (Å²) >= 11 is 0. The van der Waals surface area contributed by atoms with Crippen molar-refractivity contribution in [1.29, 1.82) is 0 Å². The predicted molar refractivity (Wildman–Crippen MR) is 157 cm³/mol. The van der Waals surface area contributed by atoms with Crippen molar-refractivity contribution in [3.63, 3.8) is 0 Å². The number of nitrogens with one attached hydrogen (secondary N) is 2. The Morgan fingerprint density at radius 3 is 2.35 bits per heavy atom. The molecule has 1 aliphatic rings. The van der Waals surface area contributed by atoms with Crippen molar-refractivity contribution in [2.24, 2.45) is 0 Å². The normalized spacial score (nSPS) is 14.0. The van der Waals surface area contributed by atoms with E-state index in [0.717, 1.165) is 66.0 Å². The Morgan fingerprint density at radius 2 is 1.70 bits per heavy atom. The quantitative estimate of drug-likeness (QED) is 0.244. The van der Waals surface area contributed by atoms with Crippen LogP contribution in [-0.2, 0) is 16.4 Å². The van der Waals surface area contributed by atoms with Crippen LogP contribution in [0.2, 0.25) is 0 Å². The van der Waals surface area contributed by atoms with Crippen LogP contribution in [0, 0.1) is 5.82 Å². The lowest BCUT2D eigenvalue weighted by Gasteiger charge is -2.26. The van der Waals surface area contributed by atoms with E-state index in [1.165, 1.54) is 17.7 Å². The van der Waals surface area contributed by atoms with Gasteiger partial charge in [0, 0.05) is 55.9 Å². The first-order chi connectivity index (χ1) is 18.9. The lowest BCUT2D eigenvalue weighted by Crippen LogP contribution is -2.30. The summed E-state index contributed by atoms with van der Waals surface area (Å²) in [5, 5.41) is 0. The number of halogens is 3. The molecule has 0 saturated carbocycles. The predicted octanol–water partition coefficient (Wildman–Crippen LogP) is 5.88. The average Bonchev–Trinajstić information content (AvgIpc) is 3.41. The molecular weight excluding hydrogens is 554 g/mol. The number of benzene rings is 2. The first-order valence-corrected chi connectivity index (χ1v) is 14.4. The number of aromatic amines is 1. The second-order valence-corrected chi connectivity index (χ2v) is 11.2. The van der Waals surface area contributed by atoms with E-state index in [1.807, 2.05) is 30.5 Å².